The molecule has 2 rings (SSSR count). The molecule has 0 amide bonds. The Labute approximate surface area is 174 Å². The van der Waals surface area contributed by atoms with E-state index in [1.54, 1.807) is 7.11 Å². The first kappa shape index (κ1) is 22.8. The van der Waals surface area contributed by atoms with Crippen molar-refractivity contribution in [2.45, 2.75) is 33.6 Å². The van der Waals surface area contributed by atoms with Crippen molar-refractivity contribution in [2.24, 2.45) is 16.8 Å². The number of rotatable bonds is 9. The fraction of sp³-hybridized carbons (Fsp3) is 0.636. The summed E-state index contributed by atoms with van der Waals surface area (Å²) in [5.41, 5.74) is 1.20. The third-order valence-corrected chi connectivity index (χ3v) is 5.16. The molecule has 2 unspecified atom stereocenters. The topological polar surface area (TPSA) is 72.4 Å². The number of likely N-dealkylation sites (tertiary alicyclic amines) is 1. The summed E-state index contributed by atoms with van der Waals surface area (Å²) in [6, 6.07) is 6.06. The molecule has 1 aliphatic heterocycles. The smallest absolute Gasteiger partial charge is 0.310 e. The van der Waals surface area contributed by atoms with Gasteiger partial charge in [0.05, 0.1) is 26.7 Å². The molecule has 162 valence electrons. The summed E-state index contributed by atoms with van der Waals surface area (Å²) in [5, 5.41) is 3.35. The quantitative estimate of drug-likeness (QED) is 0.295. The lowest BCUT2D eigenvalue weighted by Gasteiger charge is -2.21. The minimum Gasteiger partial charge on any atom is -0.493 e. The van der Waals surface area contributed by atoms with Crippen molar-refractivity contribution >= 4 is 11.9 Å². The molecule has 7 heteroatoms. The van der Waals surface area contributed by atoms with Gasteiger partial charge in [-0.3, -0.25) is 9.79 Å². The van der Waals surface area contributed by atoms with Gasteiger partial charge in [-0.05, 0) is 50.3 Å². The van der Waals surface area contributed by atoms with Crippen LogP contribution in [0.1, 0.15) is 32.8 Å². The summed E-state index contributed by atoms with van der Waals surface area (Å²) in [5.74, 6) is 2.43. The van der Waals surface area contributed by atoms with Crippen LogP contribution in [-0.4, -0.2) is 63.8 Å². The van der Waals surface area contributed by atoms with Crippen LogP contribution in [0.15, 0.2) is 23.2 Å². The van der Waals surface area contributed by atoms with Crippen molar-refractivity contribution in [1.82, 2.24) is 10.2 Å². The van der Waals surface area contributed by atoms with Crippen molar-refractivity contribution < 1.29 is 19.0 Å². The molecule has 2 atom stereocenters. The highest BCUT2D eigenvalue weighted by Crippen LogP contribution is 2.28. The lowest BCUT2D eigenvalue weighted by Crippen LogP contribution is -2.40. The number of ether oxygens (including phenoxy) is 3. The maximum absolute atomic E-state index is 12.0. The monoisotopic (exact) mass is 405 g/mol. The van der Waals surface area contributed by atoms with Crippen LogP contribution in [-0.2, 0) is 16.0 Å². The van der Waals surface area contributed by atoms with Crippen LogP contribution in [0.2, 0.25) is 0 Å². The molecular weight excluding hydrogens is 370 g/mol. The summed E-state index contributed by atoms with van der Waals surface area (Å²) in [4.78, 5) is 18.9. The van der Waals surface area contributed by atoms with Gasteiger partial charge in [0, 0.05) is 26.2 Å². The van der Waals surface area contributed by atoms with Gasteiger partial charge < -0.3 is 24.4 Å². The maximum atomic E-state index is 12.0. The number of aryl methyl sites for hydroxylation is 1. The second-order valence-electron chi connectivity index (χ2n) is 7.27. The van der Waals surface area contributed by atoms with Crippen molar-refractivity contribution in [2.75, 3.05) is 47.0 Å². The first-order valence-electron chi connectivity index (χ1n) is 10.4. The Morgan fingerprint density at radius 1 is 1.24 bits per heavy atom. The van der Waals surface area contributed by atoms with E-state index >= 15 is 0 Å². The summed E-state index contributed by atoms with van der Waals surface area (Å²) in [6.07, 6.45) is 1.84. The third-order valence-electron chi connectivity index (χ3n) is 5.16. The first-order valence-corrected chi connectivity index (χ1v) is 10.4. The Morgan fingerprint density at radius 2 is 2.03 bits per heavy atom. The fourth-order valence-corrected chi connectivity index (χ4v) is 3.64. The zero-order valence-corrected chi connectivity index (χ0v) is 18.4. The number of nitrogens with zero attached hydrogens (tertiary/aromatic N) is 2. The van der Waals surface area contributed by atoms with Gasteiger partial charge in [0.15, 0.2) is 17.5 Å². The molecular formula is C22H35N3O4. The number of esters is 1. The van der Waals surface area contributed by atoms with Gasteiger partial charge >= 0.3 is 5.97 Å². The molecule has 29 heavy (non-hydrogen) atoms. The van der Waals surface area contributed by atoms with Crippen LogP contribution < -0.4 is 14.8 Å². The minimum atomic E-state index is -0.138. The van der Waals surface area contributed by atoms with E-state index in [0.717, 1.165) is 43.4 Å². The molecule has 7 nitrogen and oxygen atoms in total. The van der Waals surface area contributed by atoms with Crippen LogP contribution in [0.4, 0.5) is 0 Å². The van der Waals surface area contributed by atoms with Crippen molar-refractivity contribution in [3.63, 3.8) is 0 Å². The van der Waals surface area contributed by atoms with E-state index < -0.39 is 0 Å². The molecule has 1 aromatic carbocycles. The number of carbonyl (C=O) groups excluding carboxylic acids is 1. The highest BCUT2D eigenvalue weighted by Gasteiger charge is 2.36. The average molecular weight is 406 g/mol. The van der Waals surface area contributed by atoms with E-state index in [4.69, 9.17) is 19.2 Å². The largest absolute Gasteiger partial charge is 0.493 e. The summed E-state index contributed by atoms with van der Waals surface area (Å²) >= 11 is 0. The predicted octanol–water partition coefficient (Wildman–Crippen LogP) is 2.73. The average Bonchev–Trinajstić information content (AvgIpc) is 3.11. The zero-order chi connectivity index (χ0) is 21.2. The summed E-state index contributed by atoms with van der Waals surface area (Å²) in [6.45, 7) is 9.68. The third kappa shape index (κ3) is 6.27. The van der Waals surface area contributed by atoms with Gasteiger partial charge in [-0.25, -0.2) is 0 Å². The van der Waals surface area contributed by atoms with Crippen molar-refractivity contribution in [3.05, 3.63) is 23.8 Å². The van der Waals surface area contributed by atoms with E-state index in [2.05, 4.69) is 30.1 Å². The number of methoxy groups -OCH3 is 2. The van der Waals surface area contributed by atoms with Crippen LogP contribution in [0.5, 0.6) is 11.5 Å². The molecule has 0 aromatic heterocycles. The Balaban J connectivity index is 1.94. The second kappa shape index (κ2) is 11.5. The molecule has 0 spiro atoms. The molecule has 1 saturated heterocycles. The molecule has 0 aliphatic carbocycles. The van der Waals surface area contributed by atoms with E-state index in [-0.39, 0.29) is 17.8 Å². The number of hydrogen-bond donors (Lipinski definition) is 1. The van der Waals surface area contributed by atoms with Crippen LogP contribution in [0.3, 0.4) is 0 Å². The Bertz CT molecular complexity index is 693. The fourth-order valence-electron chi connectivity index (χ4n) is 3.64. The number of guanidine groups is 1. The highest BCUT2D eigenvalue weighted by atomic mass is 16.5. The van der Waals surface area contributed by atoms with Gasteiger partial charge in [-0.1, -0.05) is 13.0 Å². The van der Waals surface area contributed by atoms with Crippen LogP contribution in [0.25, 0.3) is 0 Å². The Kier molecular flexibility index (Phi) is 9.09. The van der Waals surface area contributed by atoms with Gasteiger partial charge in [0.2, 0.25) is 0 Å². The molecule has 1 heterocycles. The lowest BCUT2D eigenvalue weighted by molar-refractivity contribution is -0.145. The minimum absolute atomic E-state index is 0.0971. The number of hydrogen-bond acceptors (Lipinski definition) is 5. The molecule has 0 bridgehead atoms. The summed E-state index contributed by atoms with van der Waals surface area (Å²) < 4.78 is 15.9. The standard InChI is InChI=1S/C22H35N3O4/c1-6-23-22(25-14-16(3)18(15-25)21(26)28-5)24-12-8-9-17-10-11-19(27-4)20(13-17)29-7-2/h10-11,13,16,18H,6-9,12,14-15H2,1-5H3,(H,23,24). The maximum Gasteiger partial charge on any atom is 0.310 e. The SMILES string of the molecule is CCNC(=NCCCc1ccc(OC)c(OCC)c1)N1CC(C)C(C(=O)OC)C1. The Hall–Kier alpha value is -2.44. The number of benzene rings is 1. The van der Waals surface area contributed by atoms with Gasteiger partial charge in [0.1, 0.15) is 0 Å². The molecule has 1 aliphatic rings. The van der Waals surface area contributed by atoms with E-state index in [0.29, 0.717) is 19.7 Å². The summed E-state index contributed by atoms with van der Waals surface area (Å²) in [7, 11) is 3.10. The molecule has 0 saturated carbocycles. The lowest BCUT2D eigenvalue weighted by atomic mass is 9.99. The molecule has 1 N–H and O–H groups in total. The van der Waals surface area contributed by atoms with E-state index in [9.17, 15) is 4.79 Å². The van der Waals surface area contributed by atoms with E-state index in [1.165, 1.54) is 12.7 Å². The number of aliphatic imine (C=N–C) groups is 1. The highest BCUT2D eigenvalue weighted by molar-refractivity contribution is 5.82. The predicted molar refractivity (Wildman–Crippen MR) is 115 cm³/mol. The van der Waals surface area contributed by atoms with Gasteiger partial charge in [-0.2, -0.15) is 0 Å². The number of carbonyl (C=O) groups is 1. The first-order chi connectivity index (χ1) is 14.0. The zero-order valence-electron chi connectivity index (χ0n) is 18.4. The van der Waals surface area contributed by atoms with Crippen molar-refractivity contribution in [3.8, 4) is 11.5 Å². The molecule has 0 radical (unpaired) electrons. The van der Waals surface area contributed by atoms with Gasteiger partial charge in [-0.15, -0.1) is 0 Å². The number of nitrogens with one attached hydrogen (secondary N) is 1. The van der Waals surface area contributed by atoms with E-state index in [1.807, 2.05) is 19.1 Å². The second-order valence-corrected chi connectivity index (χ2v) is 7.27. The van der Waals surface area contributed by atoms with Gasteiger partial charge in [0.25, 0.3) is 0 Å². The molecule has 1 aromatic rings. The van der Waals surface area contributed by atoms with Crippen LogP contribution >= 0.6 is 0 Å². The van der Waals surface area contributed by atoms with Crippen LogP contribution in [0, 0.1) is 11.8 Å². The molecule has 1 fully saturated rings. The normalized spacial score (nSPS) is 19.2. The van der Waals surface area contributed by atoms with Crippen molar-refractivity contribution in [1.29, 1.82) is 0 Å². The Morgan fingerprint density at radius 3 is 2.69 bits per heavy atom.